The molecule has 23 heavy (non-hydrogen) atoms. The fraction of sp³-hybridized carbons (Fsp3) is 0.611. The number of hydrogen-bond acceptors (Lipinski definition) is 3. The summed E-state index contributed by atoms with van der Waals surface area (Å²) >= 11 is 5.36. The number of nitrogens with one attached hydrogen (secondary N) is 2. The molecule has 0 aromatic heterocycles. The number of ether oxygens (including phenoxy) is 1. The molecule has 0 spiro atoms. The van der Waals surface area contributed by atoms with E-state index in [4.69, 9.17) is 17.0 Å². The molecule has 1 aliphatic heterocycles. The summed E-state index contributed by atoms with van der Waals surface area (Å²) in [4.78, 5) is 2.55. The van der Waals surface area contributed by atoms with E-state index in [0.29, 0.717) is 5.11 Å². The number of nitrogens with zero attached hydrogens (tertiary/aromatic N) is 1. The molecule has 2 N–H and O–H groups in total. The van der Waals surface area contributed by atoms with E-state index in [1.54, 1.807) is 0 Å². The summed E-state index contributed by atoms with van der Waals surface area (Å²) in [6, 6.07) is 7.90. The van der Waals surface area contributed by atoms with Gasteiger partial charge in [-0.25, -0.2) is 0 Å². The SMILES string of the molecule is CC(C)Oc1cccc(NC(=S)NCCCN2CCCCC2)c1. The summed E-state index contributed by atoms with van der Waals surface area (Å²) in [5, 5.41) is 7.18. The summed E-state index contributed by atoms with van der Waals surface area (Å²) in [5.74, 6) is 0.859. The molecule has 4 nitrogen and oxygen atoms in total. The average molecular weight is 336 g/mol. The molecule has 0 aliphatic carbocycles. The molecule has 0 bridgehead atoms. The molecule has 0 radical (unpaired) electrons. The van der Waals surface area contributed by atoms with Crippen LogP contribution in [-0.2, 0) is 0 Å². The van der Waals surface area contributed by atoms with E-state index >= 15 is 0 Å². The number of piperidine rings is 1. The Morgan fingerprint density at radius 3 is 2.78 bits per heavy atom. The van der Waals surface area contributed by atoms with Gasteiger partial charge in [-0.3, -0.25) is 0 Å². The fourth-order valence-electron chi connectivity index (χ4n) is 2.78. The highest BCUT2D eigenvalue weighted by atomic mass is 32.1. The molecule has 1 heterocycles. The first kappa shape index (κ1) is 18.0. The first-order valence-corrected chi connectivity index (χ1v) is 9.08. The molecule has 5 heteroatoms. The maximum atomic E-state index is 5.69. The van der Waals surface area contributed by atoms with Crippen LogP contribution in [0.15, 0.2) is 24.3 Å². The van der Waals surface area contributed by atoms with E-state index in [-0.39, 0.29) is 6.10 Å². The number of likely N-dealkylation sites (tertiary alicyclic amines) is 1. The molecule has 1 aromatic rings. The van der Waals surface area contributed by atoms with Crippen LogP contribution in [0.1, 0.15) is 39.5 Å². The predicted octanol–water partition coefficient (Wildman–Crippen LogP) is 3.64. The monoisotopic (exact) mass is 335 g/mol. The maximum Gasteiger partial charge on any atom is 0.170 e. The molecule has 1 saturated heterocycles. The highest BCUT2D eigenvalue weighted by molar-refractivity contribution is 7.80. The Morgan fingerprint density at radius 2 is 2.04 bits per heavy atom. The number of rotatable bonds is 7. The van der Waals surface area contributed by atoms with Gasteiger partial charge in [0.15, 0.2) is 5.11 Å². The third-order valence-electron chi connectivity index (χ3n) is 3.85. The third-order valence-corrected chi connectivity index (χ3v) is 4.10. The van der Waals surface area contributed by atoms with Crippen molar-refractivity contribution in [3.8, 4) is 5.75 Å². The lowest BCUT2D eigenvalue weighted by Gasteiger charge is -2.26. The minimum Gasteiger partial charge on any atom is -0.491 e. The first-order valence-electron chi connectivity index (χ1n) is 8.67. The molecule has 128 valence electrons. The van der Waals surface area contributed by atoms with Crippen molar-refractivity contribution in [2.45, 2.75) is 45.6 Å². The van der Waals surface area contributed by atoms with Gasteiger partial charge in [-0.1, -0.05) is 12.5 Å². The van der Waals surface area contributed by atoms with Gasteiger partial charge in [0.2, 0.25) is 0 Å². The van der Waals surface area contributed by atoms with Crippen molar-refractivity contribution in [3.05, 3.63) is 24.3 Å². The summed E-state index contributed by atoms with van der Waals surface area (Å²) in [5.41, 5.74) is 0.955. The Hall–Kier alpha value is -1.33. The van der Waals surface area contributed by atoms with Gasteiger partial charge < -0.3 is 20.3 Å². The molecule has 0 unspecified atom stereocenters. The van der Waals surface area contributed by atoms with Gasteiger partial charge in [0.05, 0.1) is 6.10 Å². The molecular formula is C18H29N3OS. The zero-order chi connectivity index (χ0) is 16.5. The highest BCUT2D eigenvalue weighted by Gasteiger charge is 2.09. The molecule has 0 amide bonds. The standard InChI is InChI=1S/C18H29N3OS/c1-15(2)22-17-9-6-8-16(14-17)20-18(23)19-10-7-13-21-11-4-3-5-12-21/h6,8-9,14-15H,3-5,7,10-13H2,1-2H3,(H2,19,20,23). The zero-order valence-electron chi connectivity index (χ0n) is 14.3. The van der Waals surface area contributed by atoms with Crippen molar-refractivity contribution >= 4 is 23.0 Å². The van der Waals surface area contributed by atoms with Crippen LogP contribution < -0.4 is 15.4 Å². The summed E-state index contributed by atoms with van der Waals surface area (Å²) in [7, 11) is 0. The van der Waals surface area contributed by atoms with Crippen LogP contribution in [-0.4, -0.2) is 42.3 Å². The van der Waals surface area contributed by atoms with Crippen molar-refractivity contribution in [3.63, 3.8) is 0 Å². The van der Waals surface area contributed by atoms with E-state index < -0.39 is 0 Å². The lowest BCUT2D eigenvalue weighted by atomic mass is 10.1. The molecule has 1 aliphatic rings. The van der Waals surface area contributed by atoms with Crippen molar-refractivity contribution in [1.82, 2.24) is 10.2 Å². The molecule has 1 fully saturated rings. The van der Waals surface area contributed by atoms with E-state index in [1.165, 1.54) is 32.4 Å². The smallest absolute Gasteiger partial charge is 0.170 e. The van der Waals surface area contributed by atoms with Crippen molar-refractivity contribution in [2.75, 3.05) is 31.5 Å². The van der Waals surface area contributed by atoms with Gasteiger partial charge in [-0.2, -0.15) is 0 Å². The van der Waals surface area contributed by atoms with Crippen LogP contribution in [0.25, 0.3) is 0 Å². The second-order valence-corrected chi connectivity index (χ2v) is 6.74. The summed E-state index contributed by atoms with van der Waals surface area (Å²) < 4.78 is 5.69. The van der Waals surface area contributed by atoms with Crippen molar-refractivity contribution < 1.29 is 4.74 Å². The minimum absolute atomic E-state index is 0.171. The number of hydrogen-bond donors (Lipinski definition) is 2. The molecule has 2 rings (SSSR count). The normalized spacial score (nSPS) is 15.4. The quantitative estimate of drug-likeness (QED) is 0.588. The van der Waals surface area contributed by atoms with Crippen LogP contribution in [0.5, 0.6) is 5.75 Å². The lowest BCUT2D eigenvalue weighted by molar-refractivity contribution is 0.227. The topological polar surface area (TPSA) is 36.5 Å². The van der Waals surface area contributed by atoms with Gasteiger partial charge in [0.1, 0.15) is 5.75 Å². The van der Waals surface area contributed by atoms with Crippen LogP contribution in [0.3, 0.4) is 0 Å². The van der Waals surface area contributed by atoms with E-state index in [0.717, 1.165) is 30.9 Å². The van der Waals surface area contributed by atoms with Gasteiger partial charge in [-0.05, 0) is 77.1 Å². The summed E-state index contributed by atoms with van der Waals surface area (Å²) in [6.45, 7) is 8.62. The molecule has 0 saturated carbocycles. The average Bonchev–Trinajstić information content (AvgIpc) is 2.52. The van der Waals surface area contributed by atoms with Crippen LogP contribution >= 0.6 is 12.2 Å². The predicted molar refractivity (Wildman–Crippen MR) is 101 cm³/mol. The fourth-order valence-corrected chi connectivity index (χ4v) is 3.00. The number of benzene rings is 1. The van der Waals surface area contributed by atoms with Crippen molar-refractivity contribution in [1.29, 1.82) is 0 Å². The Labute approximate surface area is 145 Å². The third kappa shape index (κ3) is 7.18. The first-order chi connectivity index (χ1) is 11.1. The zero-order valence-corrected chi connectivity index (χ0v) is 15.1. The molecule has 1 aromatic carbocycles. The second kappa shape index (κ2) is 9.73. The highest BCUT2D eigenvalue weighted by Crippen LogP contribution is 2.18. The number of anilines is 1. The van der Waals surface area contributed by atoms with E-state index in [2.05, 4.69) is 15.5 Å². The Kier molecular flexibility index (Phi) is 7.62. The Balaban J connectivity index is 1.66. The Morgan fingerprint density at radius 1 is 1.26 bits per heavy atom. The second-order valence-electron chi connectivity index (χ2n) is 6.33. The van der Waals surface area contributed by atoms with Crippen molar-refractivity contribution in [2.24, 2.45) is 0 Å². The minimum atomic E-state index is 0.171. The largest absolute Gasteiger partial charge is 0.491 e. The maximum absolute atomic E-state index is 5.69. The van der Waals surface area contributed by atoms with Crippen LogP contribution in [0.2, 0.25) is 0 Å². The van der Waals surface area contributed by atoms with Gasteiger partial charge >= 0.3 is 0 Å². The molecular weight excluding hydrogens is 306 g/mol. The number of thiocarbonyl (C=S) groups is 1. The van der Waals surface area contributed by atoms with E-state index in [9.17, 15) is 0 Å². The summed E-state index contributed by atoms with van der Waals surface area (Å²) in [6.07, 6.45) is 5.38. The lowest BCUT2D eigenvalue weighted by Crippen LogP contribution is -2.34. The van der Waals surface area contributed by atoms with Crippen LogP contribution in [0, 0.1) is 0 Å². The van der Waals surface area contributed by atoms with E-state index in [1.807, 2.05) is 38.1 Å². The van der Waals surface area contributed by atoms with Gasteiger partial charge in [-0.15, -0.1) is 0 Å². The molecule has 0 atom stereocenters. The Bertz CT molecular complexity index is 487. The van der Waals surface area contributed by atoms with Crippen LogP contribution in [0.4, 0.5) is 5.69 Å². The van der Waals surface area contributed by atoms with Gasteiger partial charge in [0.25, 0.3) is 0 Å². The van der Waals surface area contributed by atoms with Gasteiger partial charge in [0, 0.05) is 18.3 Å².